The van der Waals surface area contributed by atoms with E-state index in [4.69, 9.17) is 9.47 Å². The molecule has 0 heterocycles. The Morgan fingerprint density at radius 2 is 1.03 bits per heavy atom. The number of methoxy groups -OCH3 is 2. The van der Waals surface area contributed by atoms with Crippen LogP contribution in [-0.4, -0.2) is 24.5 Å². The summed E-state index contributed by atoms with van der Waals surface area (Å²) in [6, 6.07) is 15.4. The first-order chi connectivity index (χ1) is 14.1. The molecule has 2 aromatic carbocycles. The third-order valence-electron chi connectivity index (χ3n) is 5.07. The van der Waals surface area contributed by atoms with E-state index in [-0.39, 0.29) is 10.2 Å². The predicted molar refractivity (Wildman–Crippen MR) is 126 cm³/mol. The molecule has 0 aromatic heterocycles. The van der Waals surface area contributed by atoms with Crippen molar-refractivity contribution in [3.05, 3.63) is 59.7 Å². The first kappa shape index (κ1) is 24.4. The van der Waals surface area contributed by atoms with Gasteiger partial charge in [0.2, 0.25) is 10.2 Å². The van der Waals surface area contributed by atoms with Gasteiger partial charge in [-0.15, -0.1) is 0 Å². The number of para-hydroxylation sites is 2. The molecule has 0 aliphatic carbocycles. The zero-order valence-electron chi connectivity index (χ0n) is 18.5. The molecule has 0 unspecified atom stereocenters. The molecular formula is C24H30O4S2. The zero-order chi connectivity index (χ0) is 22.4. The highest BCUT2D eigenvalue weighted by molar-refractivity contribution is 8.87. The molecule has 4 nitrogen and oxygen atoms in total. The van der Waals surface area contributed by atoms with E-state index in [2.05, 4.69) is 0 Å². The fourth-order valence-electron chi connectivity index (χ4n) is 3.47. The van der Waals surface area contributed by atoms with Gasteiger partial charge in [0.15, 0.2) is 0 Å². The van der Waals surface area contributed by atoms with Gasteiger partial charge in [0, 0.05) is 34.8 Å². The van der Waals surface area contributed by atoms with E-state index < -0.39 is 10.8 Å². The highest BCUT2D eigenvalue weighted by Crippen LogP contribution is 2.40. The van der Waals surface area contributed by atoms with Crippen molar-refractivity contribution in [2.45, 2.75) is 51.4 Å². The molecule has 0 aliphatic heterocycles. The molecule has 2 aromatic rings. The topological polar surface area (TPSA) is 52.6 Å². The fraction of sp³-hybridized carbons (Fsp3) is 0.417. The van der Waals surface area contributed by atoms with Crippen molar-refractivity contribution in [3.63, 3.8) is 0 Å². The predicted octanol–water partition coefficient (Wildman–Crippen LogP) is 6.17. The summed E-state index contributed by atoms with van der Waals surface area (Å²) in [5.74, 6) is 1.53. The van der Waals surface area contributed by atoms with E-state index in [1.54, 1.807) is 14.2 Å². The second-order valence-electron chi connectivity index (χ2n) is 8.43. The third-order valence-corrected chi connectivity index (χ3v) is 7.18. The SMILES string of the molecule is COc1ccccc1C(C)(C)CC(=O)SSC(=O)CC(C)(C)c1ccccc1OC. The Morgan fingerprint density at radius 3 is 1.37 bits per heavy atom. The van der Waals surface area contributed by atoms with E-state index in [1.165, 1.54) is 0 Å². The Hall–Kier alpha value is -1.92. The van der Waals surface area contributed by atoms with Crippen LogP contribution in [-0.2, 0) is 20.4 Å². The number of hydrogen-bond acceptors (Lipinski definition) is 6. The lowest BCUT2D eigenvalue weighted by molar-refractivity contribution is -0.113. The molecule has 0 amide bonds. The summed E-state index contributed by atoms with van der Waals surface area (Å²) in [5.41, 5.74) is 1.18. The Bertz CT molecular complexity index is 817. The Balaban J connectivity index is 1.96. The van der Waals surface area contributed by atoms with Crippen molar-refractivity contribution in [1.29, 1.82) is 0 Å². The summed E-state index contributed by atoms with van der Waals surface area (Å²) >= 11 is 0. The molecule has 0 radical (unpaired) electrons. The van der Waals surface area contributed by atoms with E-state index >= 15 is 0 Å². The minimum atomic E-state index is -0.392. The van der Waals surface area contributed by atoms with Crippen LogP contribution in [0.1, 0.15) is 51.7 Å². The standard InChI is InChI=1S/C24H30O4S2/c1-23(2,17-11-7-9-13-19(17)27-5)15-21(25)29-30-22(26)16-24(3,4)18-12-8-10-14-20(18)28-6/h7-14H,15-16H2,1-6H3. The molecule has 6 heteroatoms. The highest BCUT2D eigenvalue weighted by atomic mass is 33.1. The van der Waals surface area contributed by atoms with Crippen LogP contribution >= 0.6 is 21.6 Å². The smallest absolute Gasteiger partial charge is 0.200 e. The molecular weight excluding hydrogens is 416 g/mol. The normalized spacial score (nSPS) is 11.8. The molecule has 0 aliphatic rings. The molecule has 0 saturated heterocycles. The van der Waals surface area contributed by atoms with E-state index in [9.17, 15) is 9.59 Å². The van der Waals surface area contributed by atoms with E-state index in [0.29, 0.717) is 12.8 Å². The summed E-state index contributed by atoms with van der Waals surface area (Å²) in [4.78, 5) is 25.2. The van der Waals surface area contributed by atoms with Gasteiger partial charge in [-0.1, -0.05) is 64.1 Å². The lowest BCUT2D eigenvalue weighted by atomic mass is 9.81. The summed E-state index contributed by atoms with van der Waals surface area (Å²) < 4.78 is 10.9. The van der Waals surface area contributed by atoms with Crippen LogP contribution in [0.4, 0.5) is 0 Å². The third kappa shape index (κ3) is 6.29. The molecule has 0 saturated carbocycles. The number of rotatable bonds is 8. The molecule has 0 fully saturated rings. The monoisotopic (exact) mass is 446 g/mol. The largest absolute Gasteiger partial charge is 0.496 e. The number of carbonyl (C=O) groups is 2. The minimum absolute atomic E-state index is 0.0284. The maximum atomic E-state index is 12.6. The number of hydrogen-bond donors (Lipinski definition) is 0. The van der Waals surface area contributed by atoms with Crippen molar-refractivity contribution in [2.24, 2.45) is 0 Å². The lowest BCUT2D eigenvalue weighted by Crippen LogP contribution is -2.22. The van der Waals surface area contributed by atoms with E-state index in [0.717, 1.165) is 44.2 Å². The van der Waals surface area contributed by atoms with Crippen LogP contribution in [0, 0.1) is 0 Å². The van der Waals surface area contributed by atoms with Crippen molar-refractivity contribution in [3.8, 4) is 11.5 Å². The highest BCUT2D eigenvalue weighted by Gasteiger charge is 2.30. The second kappa shape index (κ2) is 10.4. The van der Waals surface area contributed by atoms with Gasteiger partial charge < -0.3 is 9.47 Å². The second-order valence-corrected chi connectivity index (χ2v) is 10.7. The lowest BCUT2D eigenvalue weighted by Gasteiger charge is -2.27. The number of carbonyl (C=O) groups excluding carboxylic acids is 2. The maximum Gasteiger partial charge on any atom is 0.200 e. The summed E-state index contributed by atoms with van der Waals surface area (Å²) in [6.45, 7) is 8.06. The van der Waals surface area contributed by atoms with Crippen LogP contribution in [0.3, 0.4) is 0 Å². The molecule has 162 valence electrons. The van der Waals surface area contributed by atoms with Gasteiger partial charge in [0.25, 0.3) is 0 Å². The molecule has 0 bridgehead atoms. The quantitative estimate of drug-likeness (QED) is 0.452. The van der Waals surface area contributed by atoms with Crippen LogP contribution in [0.15, 0.2) is 48.5 Å². The zero-order valence-corrected chi connectivity index (χ0v) is 20.1. The van der Waals surface area contributed by atoms with Crippen LogP contribution in [0.5, 0.6) is 11.5 Å². The van der Waals surface area contributed by atoms with Crippen molar-refractivity contribution in [2.75, 3.05) is 14.2 Å². The van der Waals surface area contributed by atoms with Crippen molar-refractivity contribution >= 4 is 31.8 Å². The van der Waals surface area contributed by atoms with Gasteiger partial charge in [-0.2, -0.15) is 0 Å². The van der Waals surface area contributed by atoms with E-state index in [1.807, 2.05) is 76.2 Å². The molecule has 30 heavy (non-hydrogen) atoms. The van der Waals surface area contributed by atoms with Gasteiger partial charge >= 0.3 is 0 Å². The van der Waals surface area contributed by atoms with Crippen molar-refractivity contribution in [1.82, 2.24) is 0 Å². The van der Waals surface area contributed by atoms with Gasteiger partial charge in [0.05, 0.1) is 14.2 Å². The van der Waals surface area contributed by atoms with Gasteiger partial charge in [-0.05, 0) is 33.7 Å². The maximum absolute atomic E-state index is 12.6. The van der Waals surface area contributed by atoms with Gasteiger partial charge in [-0.25, -0.2) is 0 Å². The summed E-state index contributed by atoms with van der Waals surface area (Å²) in [5, 5.41) is -0.0568. The van der Waals surface area contributed by atoms with Crippen molar-refractivity contribution < 1.29 is 19.1 Å². The average molecular weight is 447 g/mol. The molecule has 0 N–H and O–H groups in total. The Labute approximate surface area is 187 Å². The van der Waals surface area contributed by atoms with Crippen LogP contribution in [0.2, 0.25) is 0 Å². The van der Waals surface area contributed by atoms with Crippen LogP contribution in [0.25, 0.3) is 0 Å². The van der Waals surface area contributed by atoms with Gasteiger partial charge in [-0.3, -0.25) is 9.59 Å². The molecule has 0 spiro atoms. The van der Waals surface area contributed by atoms with Gasteiger partial charge in [0.1, 0.15) is 11.5 Å². The molecule has 0 atom stereocenters. The minimum Gasteiger partial charge on any atom is -0.496 e. The Morgan fingerprint density at radius 1 is 0.700 bits per heavy atom. The number of benzene rings is 2. The van der Waals surface area contributed by atoms with Crippen LogP contribution < -0.4 is 9.47 Å². The number of ether oxygens (including phenoxy) is 2. The molecule has 2 rings (SSSR count). The summed E-state index contributed by atoms with van der Waals surface area (Å²) in [7, 11) is 5.30. The average Bonchev–Trinajstić information content (AvgIpc) is 2.71. The first-order valence-electron chi connectivity index (χ1n) is 9.78. The Kier molecular flexibility index (Phi) is 8.44. The summed E-state index contributed by atoms with van der Waals surface area (Å²) in [6.07, 6.45) is 0.627. The fourth-order valence-corrected chi connectivity index (χ4v) is 5.41. The first-order valence-corrected chi connectivity index (χ1v) is 11.9.